The van der Waals surface area contributed by atoms with Gasteiger partial charge in [-0.1, -0.05) is 12.1 Å². The van der Waals surface area contributed by atoms with Crippen LogP contribution in [0.15, 0.2) is 39.1 Å². The minimum Gasteiger partial charge on any atom is -0.468 e. The number of carbonyl (C=O) groups excluding carboxylic acids is 2. The van der Waals surface area contributed by atoms with Gasteiger partial charge < -0.3 is 14.2 Å². The molecule has 0 saturated heterocycles. The smallest absolute Gasteiger partial charge is 0.336 e. The minimum absolute atomic E-state index is 0.0947. The largest absolute Gasteiger partial charge is 0.468 e. The van der Waals surface area contributed by atoms with Gasteiger partial charge in [0.2, 0.25) is 0 Å². The second-order valence-corrected chi connectivity index (χ2v) is 6.54. The van der Waals surface area contributed by atoms with Crippen molar-refractivity contribution in [3.05, 3.63) is 35.0 Å². The number of rotatable bonds is 7. The highest BCUT2D eigenvalue weighted by Gasteiger charge is 2.43. The third-order valence-corrected chi connectivity index (χ3v) is 4.82. The molecule has 9 heteroatoms. The van der Waals surface area contributed by atoms with Gasteiger partial charge in [0, 0.05) is 23.9 Å². The van der Waals surface area contributed by atoms with E-state index in [4.69, 9.17) is 18.8 Å². The quantitative estimate of drug-likeness (QED) is 0.513. The number of benzene rings is 1. The van der Waals surface area contributed by atoms with Crippen LogP contribution in [-0.4, -0.2) is 54.9 Å². The molecular formula is C20H23N3O6. The zero-order valence-corrected chi connectivity index (χ0v) is 16.8. The standard InChI is InChI=1S/C20H23N3O6/c1-5-27-9-10-28-20(25)16-12(3)21-11(2)15(19(24)26-4)17(16)13-7-6-8-14-18(13)23-29-22-14/h6-8,15,17H,5,9-10H2,1-4H3. The lowest BCUT2D eigenvalue weighted by Crippen LogP contribution is -2.36. The van der Waals surface area contributed by atoms with Crippen molar-refractivity contribution in [1.29, 1.82) is 0 Å². The van der Waals surface area contributed by atoms with Gasteiger partial charge in [-0.3, -0.25) is 9.79 Å². The maximum absolute atomic E-state index is 13.0. The van der Waals surface area contributed by atoms with Crippen molar-refractivity contribution in [3.8, 4) is 0 Å². The van der Waals surface area contributed by atoms with Crippen LogP contribution in [-0.2, 0) is 23.8 Å². The Morgan fingerprint density at radius 1 is 1.17 bits per heavy atom. The first-order chi connectivity index (χ1) is 14.0. The van der Waals surface area contributed by atoms with Gasteiger partial charge in [-0.2, -0.15) is 0 Å². The lowest BCUT2D eigenvalue weighted by molar-refractivity contribution is -0.144. The summed E-state index contributed by atoms with van der Waals surface area (Å²) >= 11 is 0. The fraction of sp³-hybridized carbons (Fsp3) is 0.450. The summed E-state index contributed by atoms with van der Waals surface area (Å²) in [6.45, 7) is 6.21. The van der Waals surface area contributed by atoms with Crippen LogP contribution in [0.1, 0.15) is 32.3 Å². The van der Waals surface area contributed by atoms with E-state index in [1.165, 1.54) is 7.11 Å². The van der Waals surface area contributed by atoms with Gasteiger partial charge >= 0.3 is 11.9 Å². The number of aromatic nitrogens is 2. The first-order valence-corrected chi connectivity index (χ1v) is 9.29. The lowest BCUT2D eigenvalue weighted by atomic mass is 9.75. The maximum atomic E-state index is 13.0. The first kappa shape index (κ1) is 20.7. The summed E-state index contributed by atoms with van der Waals surface area (Å²) in [5, 5.41) is 7.83. The summed E-state index contributed by atoms with van der Waals surface area (Å²) in [7, 11) is 1.30. The third-order valence-electron chi connectivity index (χ3n) is 4.82. The Morgan fingerprint density at radius 3 is 2.69 bits per heavy atom. The van der Waals surface area contributed by atoms with Crippen LogP contribution in [0, 0.1) is 5.92 Å². The molecule has 0 bridgehead atoms. The molecule has 0 N–H and O–H groups in total. The number of nitrogens with zero attached hydrogens (tertiary/aromatic N) is 3. The van der Waals surface area contributed by atoms with Crippen LogP contribution in [0.3, 0.4) is 0 Å². The van der Waals surface area contributed by atoms with E-state index in [1.807, 2.05) is 6.92 Å². The molecule has 0 spiro atoms. The molecule has 2 heterocycles. The summed E-state index contributed by atoms with van der Waals surface area (Å²) in [5.74, 6) is -2.57. The fourth-order valence-corrected chi connectivity index (χ4v) is 3.56. The van der Waals surface area contributed by atoms with Crippen molar-refractivity contribution in [2.75, 3.05) is 26.9 Å². The number of allylic oxidation sites excluding steroid dienone is 1. The number of aliphatic imine (C=N–C) groups is 1. The van der Waals surface area contributed by atoms with Crippen LogP contribution < -0.4 is 0 Å². The summed E-state index contributed by atoms with van der Waals surface area (Å²) < 4.78 is 20.5. The maximum Gasteiger partial charge on any atom is 0.336 e. The number of carbonyl (C=O) groups is 2. The first-order valence-electron chi connectivity index (χ1n) is 9.29. The van der Waals surface area contributed by atoms with Crippen LogP contribution >= 0.6 is 0 Å². The zero-order valence-electron chi connectivity index (χ0n) is 16.8. The predicted molar refractivity (Wildman–Crippen MR) is 103 cm³/mol. The Morgan fingerprint density at radius 2 is 1.97 bits per heavy atom. The van der Waals surface area contributed by atoms with Gasteiger partial charge in [0.05, 0.1) is 19.3 Å². The molecule has 29 heavy (non-hydrogen) atoms. The number of ether oxygens (including phenoxy) is 3. The van der Waals surface area contributed by atoms with Crippen molar-refractivity contribution in [1.82, 2.24) is 10.3 Å². The second-order valence-electron chi connectivity index (χ2n) is 6.54. The average Bonchev–Trinajstić information content (AvgIpc) is 3.19. The van der Waals surface area contributed by atoms with Crippen molar-refractivity contribution in [2.45, 2.75) is 26.7 Å². The molecule has 2 aromatic rings. The average molecular weight is 401 g/mol. The molecule has 2 unspecified atom stereocenters. The van der Waals surface area contributed by atoms with Crippen LogP contribution in [0.25, 0.3) is 11.0 Å². The minimum atomic E-state index is -0.805. The normalized spacial score (nSPS) is 19.2. The molecule has 0 radical (unpaired) electrons. The molecule has 154 valence electrons. The second kappa shape index (κ2) is 8.95. The third kappa shape index (κ3) is 4.04. The highest BCUT2D eigenvalue weighted by atomic mass is 16.6. The Hall–Kier alpha value is -3.07. The van der Waals surface area contributed by atoms with E-state index in [2.05, 4.69) is 15.3 Å². The summed E-state index contributed by atoms with van der Waals surface area (Å²) in [6.07, 6.45) is 0. The molecule has 0 saturated carbocycles. The Labute approximate surface area is 167 Å². The van der Waals surface area contributed by atoms with Crippen molar-refractivity contribution >= 4 is 28.7 Å². The van der Waals surface area contributed by atoms with E-state index >= 15 is 0 Å². The molecule has 1 aliphatic rings. The highest BCUT2D eigenvalue weighted by molar-refractivity contribution is 6.07. The van der Waals surface area contributed by atoms with Crippen LogP contribution in [0.4, 0.5) is 0 Å². The van der Waals surface area contributed by atoms with E-state index in [-0.39, 0.29) is 18.8 Å². The van der Waals surface area contributed by atoms with Crippen LogP contribution in [0.5, 0.6) is 0 Å². The lowest BCUT2D eigenvalue weighted by Gasteiger charge is -2.31. The number of esters is 2. The summed E-state index contributed by atoms with van der Waals surface area (Å²) in [5.41, 5.74) is 2.89. The zero-order chi connectivity index (χ0) is 21.0. The fourth-order valence-electron chi connectivity index (χ4n) is 3.56. The van der Waals surface area contributed by atoms with E-state index in [0.717, 1.165) is 0 Å². The van der Waals surface area contributed by atoms with Gasteiger partial charge in [-0.05, 0) is 42.7 Å². The molecular weight excluding hydrogens is 378 g/mol. The van der Waals surface area contributed by atoms with Gasteiger partial charge in [-0.15, -0.1) is 0 Å². The molecule has 0 fully saturated rings. The Bertz CT molecular complexity index is 978. The molecule has 0 aliphatic carbocycles. The van der Waals surface area contributed by atoms with Crippen LogP contribution in [0.2, 0.25) is 0 Å². The van der Waals surface area contributed by atoms with Crippen molar-refractivity contribution < 1.29 is 28.4 Å². The SMILES string of the molecule is CCOCCOC(=O)C1=C(C)N=C(C)C(C(=O)OC)C1c1cccc2nonc12. The topological polar surface area (TPSA) is 113 Å². The van der Waals surface area contributed by atoms with E-state index in [1.54, 1.807) is 32.0 Å². The Balaban J connectivity index is 2.09. The van der Waals surface area contributed by atoms with Crippen molar-refractivity contribution in [2.24, 2.45) is 10.9 Å². The van der Waals surface area contributed by atoms with Gasteiger partial charge in [0.1, 0.15) is 23.6 Å². The molecule has 2 atom stereocenters. The Kier molecular flexibility index (Phi) is 6.38. The molecule has 1 aliphatic heterocycles. The molecule has 1 aromatic heterocycles. The predicted octanol–water partition coefficient (Wildman–Crippen LogP) is 2.42. The van der Waals surface area contributed by atoms with Gasteiger partial charge in [0.15, 0.2) is 0 Å². The molecule has 3 rings (SSSR count). The molecule has 1 aromatic carbocycles. The van der Waals surface area contributed by atoms with E-state index in [9.17, 15) is 9.59 Å². The summed E-state index contributed by atoms with van der Waals surface area (Å²) in [4.78, 5) is 30.1. The van der Waals surface area contributed by atoms with Crippen molar-refractivity contribution in [3.63, 3.8) is 0 Å². The van der Waals surface area contributed by atoms with Gasteiger partial charge in [0.25, 0.3) is 0 Å². The number of hydrogen-bond donors (Lipinski definition) is 0. The highest BCUT2D eigenvalue weighted by Crippen LogP contribution is 2.41. The number of hydrogen-bond acceptors (Lipinski definition) is 9. The van der Waals surface area contributed by atoms with E-state index in [0.29, 0.717) is 34.6 Å². The van der Waals surface area contributed by atoms with Gasteiger partial charge in [-0.25, -0.2) is 9.42 Å². The number of methoxy groups -OCH3 is 1. The van der Waals surface area contributed by atoms with E-state index < -0.39 is 23.8 Å². The number of fused-ring (bicyclic) bond motifs is 1. The monoisotopic (exact) mass is 401 g/mol. The molecule has 9 nitrogen and oxygen atoms in total. The molecule has 0 amide bonds. The summed E-state index contributed by atoms with van der Waals surface area (Å²) in [6, 6.07) is 5.29.